The molecule has 0 aliphatic carbocycles. The number of phosphoric ester groups is 2. The van der Waals surface area contributed by atoms with Gasteiger partial charge in [0.2, 0.25) is 11.8 Å². The van der Waals surface area contributed by atoms with Crippen molar-refractivity contribution in [3.63, 3.8) is 0 Å². The molecule has 1 heterocycles. The molecule has 26 heteroatoms. The normalized spacial score (nSPS) is 16.3. The van der Waals surface area contributed by atoms with Gasteiger partial charge in [-0.3, -0.25) is 46.9 Å². The molecule has 0 radical (unpaired) electrons. The van der Waals surface area contributed by atoms with E-state index in [1.807, 2.05) is 0 Å². The van der Waals surface area contributed by atoms with E-state index in [1.165, 1.54) is 155 Å². The van der Waals surface area contributed by atoms with E-state index in [0.29, 0.717) is 64.2 Å². The minimum Gasteiger partial charge on any atom is -0.462 e. The Kier molecular flexibility index (Phi) is 71.6. The fraction of sp³-hybridized carbons (Fsp3) is 0.888. The van der Waals surface area contributed by atoms with Crippen LogP contribution in [0.4, 0.5) is 0 Å². The van der Waals surface area contributed by atoms with Gasteiger partial charge < -0.3 is 59.5 Å². The third-order valence-electron chi connectivity index (χ3n) is 20.5. The van der Waals surface area contributed by atoms with Gasteiger partial charge in [-0.25, -0.2) is 9.13 Å². The zero-order valence-corrected chi connectivity index (χ0v) is 75.5. The lowest BCUT2D eigenvalue weighted by Gasteiger charge is -2.22. The van der Waals surface area contributed by atoms with Crippen LogP contribution >= 0.6 is 15.6 Å². The van der Waals surface area contributed by atoms with Crippen LogP contribution in [-0.4, -0.2) is 154 Å². The van der Waals surface area contributed by atoms with Crippen molar-refractivity contribution < 1.29 is 94.2 Å². The molecule has 0 bridgehead atoms. The van der Waals surface area contributed by atoms with Crippen molar-refractivity contribution >= 4 is 51.2 Å². The van der Waals surface area contributed by atoms with E-state index in [-0.39, 0.29) is 88.3 Å². The Bertz CT molecular complexity index is 2380. The number of unbranched alkanes of at least 4 members (excludes halogenated alkanes) is 38. The van der Waals surface area contributed by atoms with Crippen LogP contribution in [-0.2, 0) is 84.4 Å². The Balaban J connectivity index is 2.99. The fourth-order valence-electron chi connectivity index (χ4n) is 13.6. The van der Waals surface area contributed by atoms with Crippen molar-refractivity contribution in [2.45, 2.75) is 444 Å². The van der Waals surface area contributed by atoms with Crippen LogP contribution in [0, 0.1) is 0 Å². The molecule has 4 unspecified atom stereocenters. The molecule has 0 aromatic rings. The molecule has 115 heavy (non-hydrogen) atoms. The monoisotopic (exact) mass is 1680 g/mol. The maximum absolute atomic E-state index is 13.6. The van der Waals surface area contributed by atoms with Crippen molar-refractivity contribution in [3.05, 3.63) is 24.3 Å². The molecule has 0 aromatic carbocycles. The van der Waals surface area contributed by atoms with E-state index in [0.717, 1.165) is 128 Å². The molecule has 1 rings (SSSR count). The molecule has 4 amide bonds. The molecule has 1 fully saturated rings. The van der Waals surface area contributed by atoms with Gasteiger partial charge >= 0.3 is 27.6 Å². The van der Waals surface area contributed by atoms with E-state index < -0.39 is 84.0 Å². The summed E-state index contributed by atoms with van der Waals surface area (Å²) in [5, 5.41) is 10.9. The lowest BCUT2D eigenvalue weighted by atomic mass is 10.1. The average Bonchev–Trinajstić information content (AvgIpc) is 1.66. The molecule has 1 saturated heterocycles. The standard InChI is InChI=1S/C89H168N4O20P2/c1-9-15-21-27-31-35-37-41-43-49-55-61-81(94)92-77(73-104-69-65-79(59-53-47-25-19-13-5)110-83(96)63-57-51-45-39-33-29-23-17-11-3)75-108-114(100,101)106-71-67-90-87(98)85-86(113-89(7,8)112-85)88(99)91-68-72-107-115(102,103)109-76-78(93-82(95)62-56-50-44-42-38-36-32-28-22-16-10-2)74-105-70-66-80(60-54-48-26-20-14-6)111-84(97)64-58-52-46-40-34-30-24-18-12-4/h39-40,45-46,77-80,85-86H,9-38,41-44,47-76H2,1-8H3,(H,90,98)(H,91,99)(H,92,94)(H,93,95)(H,100,101)(H,102,103)/t77?,78?,79-,80-,85-,86+/m1/s1. The molecule has 0 spiro atoms. The third-order valence-corrected chi connectivity index (χ3v) is 22.5. The van der Waals surface area contributed by atoms with Gasteiger partial charge in [-0.05, 0) is 104 Å². The second kappa shape index (κ2) is 75.3. The van der Waals surface area contributed by atoms with Crippen LogP contribution in [0.5, 0.6) is 0 Å². The molecule has 8 atom stereocenters. The maximum Gasteiger partial charge on any atom is 0.472 e. The smallest absolute Gasteiger partial charge is 0.462 e. The van der Waals surface area contributed by atoms with Crippen LogP contribution in [0.15, 0.2) is 24.3 Å². The molecule has 6 N–H and O–H groups in total. The number of carbonyl (C=O) groups is 6. The van der Waals surface area contributed by atoms with Gasteiger partial charge in [-0.15, -0.1) is 0 Å². The number of amides is 4. The minimum atomic E-state index is -4.80. The first kappa shape index (κ1) is 109. The number of hydrogen-bond acceptors (Lipinski definition) is 18. The quantitative estimate of drug-likeness (QED) is 0.0143. The molecular formula is C89H168N4O20P2. The van der Waals surface area contributed by atoms with Crippen LogP contribution in [0.3, 0.4) is 0 Å². The topological polar surface area (TPSA) is 317 Å². The number of hydrogen-bond donors (Lipinski definition) is 6. The van der Waals surface area contributed by atoms with Crippen LogP contribution in [0.2, 0.25) is 0 Å². The van der Waals surface area contributed by atoms with Crippen LogP contribution in [0.1, 0.15) is 402 Å². The molecular weight excluding hydrogens is 1510 g/mol. The third kappa shape index (κ3) is 67.7. The summed E-state index contributed by atoms with van der Waals surface area (Å²) in [6.07, 6.45) is 58.6. The van der Waals surface area contributed by atoms with Crippen molar-refractivity contribution in [1.29, 1.82) is 0 Å². The second-order valence-corrected chi connectivity index (χ2v) is 35.0. The Labute approximate surface area is 697 Å². The lowest BCUT2D eigenvalue weighted by molar-refractivity contribution is -0.159. The predicted molar refractivity (Wildman–Crippen MR) is 460 cm³/mol. The summed E-state index contributed by atoms with van der Waals surface area (Å²) >= 11 is 0. The Hall–Kier alpha value is -3.64. The first-order chi connectivity index (χ1) is 55.6. The first-order valence-corrected chi connectivity index (χ1v) is 49.2. The van der Waals surface area contributed by atoms with Crippen LogP contribution < -0.4 is 21.3 Å². The van der Waals surface area contributed by atoms with E-state index in [1.54, 1.807) is 0 Å². The number of allylic oxidation sites excluding steroid dienone is 4. The van der Waals surface area contributed by atoms with Gasteiger partial charge in [0.05, 0.1) is 64.9 Å². The highest BCUT2D eigenvalue weighted by molar-refractivity contribution is 7.47. The zero-order valence-electron chi connectivity index (χ0n) is 73.7. The molecule has 0 saturated carbocycles. The van der Waals surface area contributed by atoms with E-state index in [9.17, 15) is 47.7 Å². The van der Waals surface area contributed by atoms with Crippen molar-refractivity contribution in [2.24, 2.45) is 0 Å². The number of carbonyl (C=O) groups excluding carboxylic acids is 6. The molecule has 0 aromatic heterocycles. The Morgan fingerprint density at radius 2 is 0.643 bits per heavy atom. The van der Waals surface area contributed by atoms with Gasteiger partial charge in [-0.1, -0.05) is 284 Å². The number of phosphoric acid groups is 2. The summed E-state index contributed by atoms with van der Waals surface area (Å²) in [5.74, 6) is -4.02. The SMILES string of the molecule is CCCCCCC=CCCCC(=O)O[C@H](CCCCCCC)CCOCC(COP(=O)(O)OCCNC(=O)[C@H]1OC(C)(C)O[C@H]1C(=O)NCCOP(=O)(O)OCC(COCC[C@@H](CCCCCCC)OC(=O)CCCC=CCCCCCC)NC(=O)CCCCCCCCCCCCC)NC(=O)CCCCCCCCCCCCC. The Morgan fingerprint density at radius 1 is 0.357 bits per heavy atom. The van der Waals surface area contributed by atoms with E-state index in [4.69, 9.17) is 46.5 Å². The summed E-state index contributed by atoms with van der Waals surface area (Å²) in [7, 11) is -9.60. The molecule has 674 valence electrons. The molecule has 1 aliphatic rings. The van der Waals surface area contributed by atoms with Gasteiger partial charge in [0, 0.05) is 51.6 Å². The average molecular weight is 1680 g/mol. The Morgan fingerprint density at radius 3 is 0.965 bits per heavy atom. The highest BCUT2D eigenvalue weighted by Crippen LogP contribution is 2.44. The van der Waals surface area contributed by atoms with Crippen LogP contribution in [0.25, 0.3) is 0 Å². The summed E-state index contributed by atoms with van der Waals surface area (Å²) in [4.78, 5) is 102. The van der Waals surface area contributed by atoms with Gasteiger partial charge in [0.25, 0.3) is 11.8 Å². The number of nitrogens with one attached hydrogen (secondary N) is 4. The van der Waals surface area contributed by atoms with E-state index in [2.05, 4.69) is 87.1 Å². The largest absolute Gasteiger partial charge is 0.472 e. The highest BCUT2D eigenvalue weighted by Gasteiger charge is 2.49. The summed E-state index contributed by atoms with van der Waals surface area (Å²) in [5.41, 5.74) is 0. The highest BCUT2D eigenvalue weighted by atomic mass is 31.2. The number of ether oxygens (including phenoxy) is 6. The summed E-state index contributed by atoms with van der Waals surface area (Å²) in [6.45, 7) is 13.9. The number of esters is 2. The lowest BCUT2D eigenvalue weighted by Crippen LogP contribution is -2.48. The van der Waals surface area contributed by atoms with Gasteiger partial charge in [0.1, 0.15) is 12.2 Å². The van der Waals surface area contributed by atoms with E-state index >= 15 is 0 Å². The predicted octanol–water partition coefficient (Wildman–Crippen LogP) is 21.1. The van der Waals surface area contributed by atoms with Gasteiger partial charge in [-0.2, -0.15) is 0 Å². The summed E-state index contributed by atoms with van der Waals surface area (Å²) in [6, 6.07) is -1.70. The zero-order chi connectivity index (χ0) is 84.4. The van der Waals surface area contributed by atoms with Crippen molar-refractivity contribution in [1.82, 2.24) is 21.3 Å². The minimum absolute atomic E-state index is 0.0681. The molecule has 1 aliphatic heterocycles. The van der Waals surface area contributed by atoms with Gasteiger partial charge in [0.15, 0.2) is 18.0 Å². The second-order valence-electron chi connectivity index (χ2n) is 32.1. The van der Waals surface area contributed by atoms with Crippen molar-refractivity contribution in [2.75, 3.05) is 65.9 Å². The fourth-order valence-corrected chi connectivity index (χ4v) is 15.2. The summed E-state index contributed by atoms with van der Waals surface area (Å²) < 4.78 is 83.9. The molecule has 24 nitrogen and oxygen atoms in total. The maximum atomic E-state index is 13.6. The van der Waals surface area contributed by atoms with Crippen molar-refractivity contribution in [3.8, 4) is 0 Å². The first-order valence-electron chi connectivity index (χ1n) is 46.2. The number of rotatable bonds is 84.